The van der Waals surface area contributed by atoms with Gasteiger partial charge in [-0.25, -0.2) is 0 Å². The first-order valence-electron chi connectivity index (χ1n) is 5.15. The van der Waals surface area contributed by atoms with Gasteiger partial charge >= 0.3 is 0 Å². The fraction of sp³-hybridized carbons (Fsp3) is 0.800. The van der Waals surface area contributed by atoms with Crippen LogP contribution in [0.25, 0.3) is 0 Å². The topological polar surface area (TPSA) is 60.2 Å². The molecule has 1 heterocycles. The average Bonchev–Trinajstić information content (AvgIpc) is 2.58. The summed E-state index contributed by atoms with van der Waals surface area (Å²) in [4.78, 5) is 4.12. The number of hydrogen-bond acceptors (Lipinski definition) is 5. The Bertz CT molecular complexity index is 286. The minimum absolute atomic E-state index is 0.308. The number of methoxy groups -OCH3 is 1. The molecule has 0 aliphatic heterocycles. The van der Waals surface area contributed by atoms with Gasteiger partial charge in [-0.1, -0.05) is 19.0 Å². The van der Waals surface area contributed by atoms with E-state index in [4.69, 9.17) is 9.26 Å². The Morgan fingerprint density at radius 3 is 2.67 bits per heavy atom. The molecule has 0 amide bonds. The fourth-order valence-corrected chi connectivity index (χ4v) is 1.30. The van der Waals surface area contributed by atoms with Gasteiger partial charge in [0.15, 0.2) is 5.82 Å². The van der Waals surface area contributed by atoms with Gasteiger partial charge in [0.2, 0.25) is 5.89 Å². The molecule has 1 rings (SSSR count). The van der Waals surface area contributed by atoms with Gasteiger partial charge in [0.25, 0.3) is 0 Å². The van der Waals surface area contributed by atoms with Gasteiger partial charge in [-0.2, -0.15) is 4.98 Å². The molecule has 0 aromatic carbocycles. The minimum Gasteiger partial charge on any atom is -0.383 e. The van der Waals surface area contributed by atoms with Crippen molar-refractivity contribution < 1.29 is 9.26 Å². The number of nitrogens with zero attached hydrogens (tertiary/aromatic N) is 2. The third-order valence-corrected chi connectivity index (χ3v) is 2.24. The Hall–Kier alpha value is -0.940. The first-order chi connectivity index (χ1) is 7.13. The van der Waals surface area contributed by atoms with E-state index in [1.165, 1.54) is 0 Å². The molecule has 5 nitrogen and oxygen atoms in total. The molecule has 0 radical (unpaired) electrons. The Morgan fingerprint density at radius 2 is 2.20 bits per heavy atom. The summed E-state index contributed by atoms with van der Waals surface area (Å²) in [5.41, 5.74) is 0. The summed E-state index contributed by atoms with van der Waals surface area (Å²) in [6, 6.07) is 0.308. The summed E-state index contributed by atoms with van der Waals surface area (Å²) in [7, 11) is 1.70. The Morgan fingerprint density at radius 1 is 1.47 bits per heavy atom. The summed E-state index contributed by atoms with van der Waals surface area (Å²) < 4.78 is 10.1. The zero-order valence-corrected chi connectivity index (χ0v) is 9.78. The van der Waals surface area contributed by atoms with Crippen molar-refractivity contribution in [3.8, 4) is 0 Å². The highest BCUT2D eigenvalue weighted by atomic mass is 16.5. The third-order valence-electron chi connectivity index (χ3n) is 2.24. The molecule has 5 heteroatoms. The van der Waals surface area contributed by atoms with Crippen LogP contribution >= 0.6 is 0 Å². The highest BCUT2D eigenvalue weighted by Crippen LogP contribution is 2.03. The fourth-order valence-electron chi connectivity index (χ4n) is 1.30. The van der Waals surface area contributed by atoms with Crippen molar-refractivity contribution in [2.75, 3.05) is 13.7 Å². The normalized spacial score (nSPS) is 13.4. The van der Waals surface area contributed by atoms with Crippen molar-refractivity contribution >= 4 is 0 Å². The molecule has 0 bridgehead atoms. The molecule has 1 atom stereocenters. The van der Waals surface area contributed by atoms with Gasteiger partial charge in [-0.3, -0.25) is 0 Å². The van der Waals surface area contributed by atoms with Crippen molar-refractivity contribution in [2.45, 2.75) is 33.4 Å². The van der Waals surface area contributed by atoms with Crippen molar-refractivity contribution in [2.24, 2.45) is 5.92 Å². The highest BCUT2D eigenvalue weighted by molar-refractivity contribution is 4.83. The van der Waals surface area contributed by atoms with Gasteiger partial charge in [0.1, 0.15) is 0 Å². The average molecular weight is 213 g/mol. The summed E-state index contributed by atoms with van der Waals surface area (Å²) in [5, 5.41) is 7.06. The standard InChI is InChI=1S/C10H19N3O2/c1-7(2)9(6-14-4)11-5-10-12-8(3)13-15-10/h7,9,11H,5-6H2,1-4H3. The lowest BCUT2D eigenvalue weighted by atomic mass is 10.1. The van der Waals surface area contributed by atoms with Crippen LogP contribution in [-0.2, 0) is 11.3 Å². The number of nitrogens with one attached hydrogen (secondary N) is 1. The third kappa shape index (κ3) is 3.97. The summed E-state index contributed by atoms with van der Waals surface area (Å²) in [5.74, 6) is 1.79. The lowest BCUT2D eigenvalue weighted by Gasteiger charge is -2.20. The van der Waals surface area contributed by atoms with Gasteiger partial charge in [-0.15, -0.1) is 0 Å². The van der Waals surface area contributed by atoms with E-state index in [9.17, 15) is 0 Å². The van der Waals surface area contributed by atoms with Crippen molar-refractivity contribution in [3.05, 3.63) is 11.7 Å². The van der Waals surface area contributed by atoms with Crippen molar-refractivity contribution in [1.82, 2.24) is 15.5 Å². The Labute approximate surface area is 90.2 Å². The van der Waals surface area contributed by atoms with E-state index in [2.05, 4.69) is 29.3 Å². The van der Waals surface area contributed by atoms with Gasteiger partial charge < -0.3 is 14.6 Å². The second kappa shape index (κ2) is 5.82. The SMILES string of the molecule is COCC(NCc1nc(C)no1)C(C)C. The lowest BCUT2D eigenvalue weighted by Crippen LogP contribution is -2.37. The molecule has 86 valence electrons. The maximum Gasteiger partial charge on any atom is 0.240 e. The number of hydrogen-bond donors (Lipinski definition) is 1. The summed E-state index contributed by atoms with van der Waals surface area (Å²) in [6.45, 7) is 7.38. The number of ether oxygens (including phenoxy) is 1. The van der Waals surface area contributed by atoms with Crippen LogP contribution in [0.5, 0.6) is 0 Å². The second-order valence-electron chi connectivity index (χ2n) is 3.92. The van der Waals surface area contributed by atoms with Crippen LogP contribution in [0.1, 0.15) is 25.6 Å². The number of aromatic nitrogens is 2. The van der Waals surface area contributed by atoms with Crippen LogP contribution in [0.3, 0.4) is 0 Å². The molecule has 0 aliphatic carbocycles. The highest BCUT2D eigenvalue weighted by Gasteiger charge is 2.13. The van der Waals surface area contributed by atoms with Crippen LogP contribution < -0.4 is 5.32 Å². The number of aryl methyl sites for hydroxylation is 1. The summed E-state index contributed by atoms with van der Waals surface area (Å²) in [6.07, 6.45) is 0. The molecule has 0 saturated carbocycles. The van der Waals surface area contributed by atoms with E-state index in [0.29, 0.717) is 36.8 Å². The lowest BCUT2D eigenvalue weighted by molar-refractivity contribution is 0.144. The molecule has 0 fully saturated rings. The van der Waals surface area contributed by atoms with E-state index in [1.807, 2.05) is 6.92 Å². The molecule has 1 unspecified atom stereocenters. The van der Waals surface area contributed by atoms with Crippen LogP contribution in [0.15, 0.2) is 4.52 Å². The molecular formula is C10H19N3O2. The van der Waals surface area contributed by atoms with Crippen molar-refractivity contribution in [1.29, 1.82) is 0 Å². The zero-order valence-electron chi connectivity index (χ0n) is 9.78. The molecule has 0 saturated heterocycles. The largest absolute Gasteiger partial charge is 0.383 e. The molecule has 1 aromatic heterocycles. The van der Waals surface area contributed by atoms with E-state index in [0.717, 1.165) is 0 Å². The Balaban J connectivity index is 2.39. The van der Waals surface area contributed by atoms with Crippen molar-refractivity contribution in [3.63, 3.8) is 0 Å². The monoisotopic (exact) mass is 213 g/mol. The molecule has 0 spiro atoms. The number of rotatable bonds is 6. The minimum atomic E-state index is 0.308. The van der Waals surface area contributed by atoms with E-state index >= 15 is 0 Å². The maximum absolute atomic E-state index is 5.13. The second-order valence-corrected chi connectivity index (χ2v) is 3.92. The molecule has 15 heavy (non-hydrogen) atoms. The van der Waals surface area contributed by atoms with Crippen LogP contribution in [-0.4, -0.2) is 29.9 Å². The quantitative estimate of drug-likeness (QED) is 0.767. The van der Waals surface area contributed by atoms with Crippen LogP contribution in [0.4, 0.5) is 0 Å². The van der Waals surface area contributed by atoms with Gasteiger partial charge in [-0.05, 0) is 12.8 Å². The van der Waals surface area contributed by atoms with E-state index in [-0.39, 0.29) is 0 Å². The maximum atomic E-state index is 5.13. The summed E-state index contributed by atoms with van der Waals surface area (Å²) >= 11 is 0. The smallest absolute Gasteiger partial charge is 0.240 e. The van der Waals surface area contributed by atoms with Gasteiger partial charge in [0, 0.05) is 13.2 Å². The van der Waals surface area contributed by atoms with Crippen LogP contribution in [0, 0.1) is 12.8 Å². The predicted molar refractivity (Wildman–Crippen MR) is 56.4 cm³/mol. The van der Waals surface area contributed by atoms with Gasteiger partial charge in [0.05, 0.1) is 13.2 Å². The van der Waals surface area contributed by atoms with E-state index in [1.54, 1.807) is 7.11 Å². The Kier molecular flexibility index (Phi) is 4.71. The molecular weight excluding hydrogens is 194 g/mol. The molecule has 1 N–H and O–H groups in total. The predicted octanol–water partition coefficient (Wildman–Crippen LogP) is 1.14. The first-order valence-corrected chi connectivity index (χ1v) is 5.15. The van der Waals surface area contributed by atoms with E-state index < -0.39 is 0 Å². The zero-order chi connectivity index (χ0) is 11.3. The molecule has 0 aliphatic rings. The first kappa shape index (κ1) is 12.1. The molecule has 1 aromatic rings. The van der Waals surface area contributed by atoms with Crippen LogP contribution in [0.2, 0.25) is 0 Å².